The van der Waals surface area contributed by atoms with Gasteiger partial charge in [0, 0.05) is 34.6 Å². The number of amides is 1. The minimum atomic E-state index is -1.20. The highest BCUT2D eigenvalue weighted by atomic mass is 16.5. The van der Waals surface area contributed by atoms with Gasteiger partial charge in [0.2, 0.25) is 5.78 Å². The van der Waals surface area contributed by atoms with Gasteiger partial charge in [-0.1, -0.05) is 78.9 Å². The second kappa shape index (κ2) is 10.8. The number of hydrogen-bond donors (Lipinski definition) is 2. The van der Waals surface area contributed by atoms with Crippen molar-refractivity contribution in [3.05, 3.63) is 132 Å². The first-order valence-electron chi connectivity index (χ1n) is 11.8. The molecular formula is C30H24N2O5. The van der Waals surface area contributed by atoms with Gasteiger partial charge < -0.3 is 19.5 Å². The molecule has 0 saturated carbocycles. The predicted molar refractivity (Wildman–Crippen MR) is 138 cm³/mol. The van der Waals surface area contributed by atoms with E-state index in [2.05, 4.69) is 10.3 Å². The van der Waals surface area contributed by atoms with E-state index >= 15 is 0 Å². The zero-order valence-electron chi connectivity index (χ0n) is 19.8. The molecule has 7 nitrogen and oxygen atoms in total. The zero-order chi connectivity index (χ0) is 25.6. The van der Waals surface area contributed by atoms with Crippen molar-refractivity contribution < 1.29 is 23.5 Å². The highest BCUT2D eigenvalue weighted by Gasteiger charge is 2.32. The molecule has 0 aliphatic heterocycles. The second-order valence-corrected chi connectivity index (χ2v) is 8.53. The number of esters is 1. The third kappa shape index (κ3) is 5.36. The first-order valence-corrected chi connectivity index (χ1v) is 11.8. The molecule has 5 aromatic rings. The molecule has 0 bridgehead atoms. The summed E-state index contributed by atoms with van der Waals surface area (Å²) >= 11 is 0. The molecule has 0 aliphatic carbocycles. The summed E-state index contributed by atoms with van der Waals surface area (Å²) in [6, 6.07) is 27.6. The Morgan fingerprint density at radius 2 is 1.54 bits per heavy atom. The van der Waals surface area contributed by atoms with Crippen LogP contribution in [-0.2, 0) is 16.0 Å². The van der Waals surface area contributed by atoms with E-state index in [9.17, 15) is 14.4 Å². The maximum absolute atomic E-state index is 13.7. The first kappa shape index (κ1) is 23.8. The van der Waals surface area contributed by atoms with Crippen LogP contribution >= 0.6 is 0 Å². The van der Waals surface area contributed by atoms with E-state index in [-0.39, 0.29) is 18.0 Å². The number of carbonyl (C=O) groups excluding carboxylic acids is 3. The Morgan fingerprint density at radius 1 is 0.838 bits per heavy atom. The number of H-pyrrole nitrogens is 1. The quantitative estimate of drug-likeness (QED) is 0.216. The fourth-order valence-electron chi connectivity index (χ4n) is 4.20. The molecule has 2 heterocycles. The van der Waals surface area contributed by atoms with Crippen LogP contribution in [0.25, 0.3) is 10.9 Å². The van der Waals surface area contributed by atoms with Crippen LogP contribution in [0.2, 0.25) is 0 Å². The van der Waals surface area contributed by atoms with Crippen LogP contribution < -0.4 is 5.32 Å². The van der Waals surface area contributed by atoms with Crippen LogP contribution in [0.5, 0.6) is 0 Å². The number of aromatic nitrogens is 1. The largest absolute Gasteiger partial charge is 0.459 e. The Kier molecular flexibility index (Phi) is 6.94. The number of para-hydroxylation sites is 1. The molecule has 184 valence electrons. The normalized spacial score (nSPS) is 12.5. The number of hydrogen-bond acceptors (Lipinski definition) is 5. The summed E-state index contributed by atoms with van der Waals surface area (Å²) in [5.41, 5.74) is 2.57. The van der Waals surface area contributed by atoms with Crippen LogP contribution in [0.4, 0.5) is 0 Å². The summed E-state index contributed by atoms with van der Waals surface area (Å²) < 4.78 is 11.1. The van der Waals surface area contributed by atoms with Gasteiger partial charge in [0.15, 0.2) is 11.9 Å². The van der Waals surface area contributed by atoms with Crippen molar-refractivity contribution in [3.8, 4) is 0 Å². The average molecular weight is 493 g/mol. The Bertz CT molecular complexity index is 1510. The molecule has 2 atom stereocenters. The van der Waals surface area contributed by atoms with E-state index in [0.29, 0.717) is 11.1 Å². The topological polar surface area (TPSA) is 101 Å². The third-order valence-corrected chi connectivity index (χ3v) is 6.05. The van der Waals surface area contributed by atoms with Gasteiger partial charge in [-0.05, 0) is 23.8 Å². The van der Waals surface area contributed by atoms with Gasteiger partial charge in [-0.3, -0.25) is 9.59 Å². The van der Waals surface area contributed by atoms with Gasteiger partial charge >= 0.3 is 5.97 Å². The number of ether oxygens (including phenoxy) is 1. The van der Waals surface area contributed by atoms with Crippen LogP contribution in [0.3, 0.4) is 0 Å². The Morgan fingerprint density at radius 3 is 2.27 bits per heavy atom. The van der Waals surface area contributed by atoms with Gasteiger partial charge in [0.25, 0.3) is 5.91 Å². The van der Waals surface area contributed by atoms with Crippen molar-refractivity contribution in [3.63, 3.8) is 0 Å². The molecular weight excluding hydrogens is 468 g/mol. The highest BCUT2D eigenvalue weighted by molar-refractivity contribution is 6.10. The van der Waals surface area contributed by atoms with Crippen LogP contribution in [0, 0.1) is 0 Å². The number of Topliss-reactive ketones (excluding diaryl/α,β-unsaturated/α-hetero) is 1. The summed E-state index contributed by atoms with van der Waals surface area (Å²) in [6.45, 7) is 0. The van der Waals surface area contributed by atoms with Crippen molar-refractivity contribution in [1.82, 2.24) is 10.3 Å². The molecule has 0 fully saturated rings. The minimum Gasteiger partial charge on any atom is -0.459 e. The SMILES string of the molecule is O=C(N[C@@H](Cc1ccccc1)C(=O)OC(C(=O)c1c[nH]c2ccccc12)c1ccccc1)c1ccco1. The first-order chi connectivity index (χ1) is 18.1. The number of furan rings is 1. The number of benzene rings is 3. The molecule has 3 aromatic carbocycles. The van der Waals surface area contributed by atoms with Crippen LogP contribution in [0.15, 0.2) is 114 Å². The number of rotatable bonds is 9. The fraction of sp³-hybridized carbons (Fsp3) is 0.100. The fourth-order valence-corrected chi connectivity index (χ4v) is 4.20. The lowest BCUT2D eigenvalue weighted by Crippen LogP contribution is -2.44. The highest BCUT2D eigenvalue weighted by Crippen LogP contribution is 2.28. The number of nitrogens with one attached hydrogen (secondary N) is 2. The lowest BCUT2D eigenvalue weighted by molar-refractivity contribution is -0.149. The summed E-state index contributed by atoms with van der Waals surface area (Å²) in [5, 5.41) is 3.44. The lowest BCUT2D eigenvalue weighted by Gasteiger charge is -2.22. The summed E-state index contributed by atoms with van der Waals surface area (Å²) in [7, 11) is 0. The molecule has 2 N–H and O–H groups in total. The van der Waals surface area contributed by atoms with Gasteiger partial charge in [-0.25, -0.2) is 4.79 Å². The van der Waals surface area contributed by atoms with Gasteiger partial charge in [-0.2, -0.15) is 0 Å². The molecule has 2 aromatic heterocycles. The molecule has 1 amide bonds. The summed E-state index contributed by atoms with van der Waals surface area (Å²) in [6.07, 6.45) is 1.98. The van der Waals surface area contributed by atoms with E-state index in [0.717, 1.165) is 16.5 Å². The van der Waals surface area contributed by atoms with Gasteiger partial charge in [-0.15, -0.1) is 0 Å². The molecule has 7 heteroatoms. The molecule has 0 spiro atoms. The molecule has 37 heavy (non-hydrogen) atoms. The predicted octanol–water partition coefficient (Wildman–Crippen LogP) is 5.27. The smallest absolute Gasteiger partial charge is 0.330 e. The van der Waals surface area contributed by atoms with Crippen LogP contribution in [-0.4, -0.2) is 28.7 Å². The number of ketones is 1. The van der Waals surface area contributed by atoms with Crippen molar-refractivity contribution in [2.24, 2.45) is 0 Å². The molecule has 0 saturated heterocycles. The van der Waals surface area contributed by atoms with Crippen LogP contribution in [0.1, 0.15) is 38.1 Å². The molecule has 0 radical (unpaired) electrons. The zero-order valence-corrected chi connectivity index (χ0v) is 19.8. The minimum absolute atomic E-state index is 0.0698. The Balaban J connectivity index is 1.45. The van der Waals surface area contributed by atoms with Gasteiger partial charge in [0.05, 0.1) is 6.26 Å². The maximum Gasteiger partial charge on any atom is 0.330 e. The lowest BCUT2D eigenvalue weighted by atomic mass is 9.99. The van der Waals surface area contributed by atoms with E-state index < -0.39 is 24.0 Å². The third-order valence-electron chi connectivity index (χ3n) is 6.05. The monoisotopic (exact) mass is 492 g/mol. The average Bonchev–Trinajstić information content (AvgIpc) is 3.63. The van der Waals surface area contributed by atoms with E-state index in [4.69, 9.17) is 9.15 Å². The molecule has 5 rings (SSSR count). The van der Waals surface area contributed by atoms with Crippen molar-refractivity contribution in [2.45, 2.75) is 18.6 Å². The standard InChI is InChI=1S/C30H24N2O5/c33-27(23-19-31-24-15-8-7-14-22(23)24)28(21-12-5-2-6-13-21)37-30(35)25(18-20-10-3-1-4-11-20)32-29(34)26-16-9-17-36-26/h1-17,19,25,28,31H,18H2,(H,32,34)/t25-,28?/m0/s1. The Labute approximate surface area is 213 Å². The van der Waals surface area contributed by atoms with E-state index in [1.54, 1.807) is 36.5 Å². The molecule has 0 aliphatic rings. The number of aromatic amines is 1. The maximum atomic E-state index is 13.7. The van der Waals surface area contributed by atoms with Crippen molar-refractivity contribution in [2.75, 3.05) is 0 Å². The second-order valence-electron chi connectivity index (χ2n) is 8.53. The van der Waals surface area contributed by atoms with E-state index in [1.165, 1.54) is 12.3 Å². The summed E-state index contributed by atoms with van der Waals surface area (Å²) in [5.74, 6) is -1.58. The van der Waals surface area contributed by atoms with Crippen molar-refractivity contribution in [1.29, 1.82) is 0 Å². The van der Waals surface area contributed by atoms with E-state index in [1.807, 2.05) is 60.7 Å². The van der Waals surface area contributed by atoms with Crippen molar-refractivity contribution >= 4 is 28.6 Å². The molecule has 1 unspecified atom stereocenters. The number of fused-ring (bicyclic) bond motifs is 1. The summed E-state index contributed by atoms with van der Waals surface area (Å²) in [4.78, 5) is 43.1. The Hall–Kier alpha value is -4.91. The number of carbonyl (C=O) groups is 3. The van der Waals surface area contributed by atoms with Gasteiger partial charge in [0.1, 0.15) is 6.04 Å².